The highest BCUT2D eigenvalue weighted by Gasteiger charge is 2.29. The Labute approximate surface area is 145 Å². The summed E-state index contributed by atoms with van der Waals surface area (Å²) >= 11 is 0. The maximum Gasteiger partial charge on any atom is 0.408 e. The van der Waals surface area contributed by atoms with Crippen LogP contribution >= 0.6 is 0 Å². The van der Waals surface area contributed by atoms with Crippen LogP contribution < -0.4 is 5.32 Å². The minimum absolute atomic E-state index is 0.0765. The van der Waals surface area contributed by atoms with Crippen LogP contribution in [0.3, 0.4) is 0 Å². The second-order valence-electron chi connectivity index (χ2n) is 7.51. The lowest BCUT2D eigenvalue weighted by Crippen LogP contribution is -2.53. The second-order valence-corrected chi connectivity index (χ2v) is 9.58. The lowest BCUT2D eigenvalue weighted by Gasteiger charge is -2.32. The molecule has 7 heteroatoms. The third-order valence-corrected chi connectivity index (χ3v) is 4.90. The van der Waals surface area contributed by atoms with Gasteiger partial charge in [-0.05, 0) is 40.2 Å². The van der Waals surface area contributed by atoms with Crippen molar-refractivity contribution in [3.8, 4) is 0 Å². The van der Waals surface area contributed by atoms with E-state index in [2.05, 4.69) is 5.32 Å². The van der Waals surface area contributed by atoms with Crippen molar-refractivity contribution in [1.82, 2.24) is 9.62 Å². The molecule has 1 N–H and O–H groups in total. The van der Waals surface area contributed by atoms with Gasteiger partial charge in [-0.3, -0.25) is 0 Å². The number of hydrogen-bond donors (Lipinski definition) is 1. The normalized spacial score (nSPS) is 13.0. The molecule has 0 unspecified atom stereocenters. The Morgan fingerprint density at radius 2 is 1.67 bits per heavy atom. The minimum atomic E-state index is -3.48. The maximum atomic E-state index is 12.5. The molecule has 0 fully saturated rings. The van der Waals surface area contributed by atoms with E-state index in [4.69, 9.17) is 4.74 Å². The number of alkyl carbamates (subject to hydrolysis) is 1. The van der Waals surface area contributed by atoms with Crippen LogP contribution in [0, 0.1) is 0 Å². The average Bonchev–Trinajstić information content (AvgIpc) is 2.35. The zero-order chi connectivity index (χ0) is 18.6. The fraction of sp³-hybridized carbons (Fsp3) is 0.588. The highest BCUT2D eigenvalue weighted by Crippen LogP contribution is 2.14. The zero-order valence-electron chi connectivity index (χ0n) is 15.3. The molecule has 0 atom stereocenters. The summed E-state index contributed by atoms with van der Waals surface area (Å²) in [6.07, 6.45) is -0.568. The molecule has 0 spiro atoms. The van der Waals surface area contributed by atoms with Gasteiger partial charge in [0.25, 0.3) is 0 Å². The summed E-state index contributed by atoms with van der Waals surface area (Å²) in [7, 11) is -1.97. The van der Waals surface area contributed by atoms with Crippen LogP contribution in [0.15, 0.2) is 30.3 Å². The van der Waals surface area contributed by atoms with Crippen LogP contribution in [0.25, 0.3) is 0 Å². The Morgan fingerprint density at radius 1 is 1.12 bits per heavy atom. The molecule has 0 heterocycles. The maximum absolute atomic E-state index is 12.5. The molecule has 1 rings (SSSR count). The fourth-order valence-electron chi connectivity index (χ4n) is 2.17. The standard InChI is InChI=1S/C17H28N2O4S/c1-16(2,3)23-15(20)18-17(4,5)13-19(6)24(21,22)12-14-10-8-7-9-11-14/h7-11H,12-13H2,1-6H3,(H,18,20). The van der Waals surface area contributed by atoms with Crippen molar-refractivity contribution in [2.75, 3.05) is 13.6 Å². The van der Waals surface area contributed by atoms with E-state index in [0.717, 1.165) is 5.56 Å². The third kappa shape index (κ3) is 7.31. The van der Waals surface area contributed by atoms with Gasteiger partial charge in [-0.2, -0.15) is 0 Å². The Hall–Kier alpha value is -1.60. The number of amides is 1. The predicted octanol–water partition coefficient (Wildman–Crippen LogP) is 2.75. The molecule has 1 amide bonds. The number of likely N-dealkylation sites (N-methyl/N-ethyl adjacent to an activating group) is 1. The number of rotatable bonds is 6. The van der Waals surface area contributed by atoms with Crippen LogP contribution in [0.1, 0.15) is 40.2 Å². The molecular weight excluding hydrogens is 328 g/mol. The van der Waals surface area contributed by atoms with E-state index in [1.807, 2.05) is 6.07 Å². The first kappa shape index (κ1) is 20.4. The van der Waals surface area contributed by atoms with Crippen molar-refractivity contribution < 1.29 is 17.9 Å². The van der Waals surface area contributed by atoms with E-state index >= 15 is 0 Å². The number of nitrogens with zero attached hydrogens (tertiary/aromatic N) is 1. The van der Waals surface area contributed by atoms with Crippen LogP contribution in [-0.4, -0.2) is 43.5 Å². The Kier molecular flexibility index (Phi) is 6.41. The van der Waals surface area contributed by atoms with Gasteiger partial charge in [0.2, 0.25) is 10.0 Å². The van der Waals surface area contributed by atoms with E-state index < -0.39 is 27.3 Å². The van der Waals surface area contributed by atoms with Crippen LogP contribution in [0.4, 0.5) is 4.79 Å². The van der Waals surface area contributed by atoms with Gasteiger partial charge in [-0.15, -0.1) is 0 Å². The molecule has 0 saturated heterocycles. The smallest absolute Gasteiger partial charge is 0.408 e. The van der Waals surface area contributed by atoms with Crippen molar-refractivity contribution in [3.63, 3.8) is 0 Å². The van der Waals surface area contributed by atoms with Crippen molar-refractivity contribution in [2.45, 2.75) is 51.5 Å². The van der Waals surface area contributed by atoms with Gasteiger partial charge in [0.15, 0.2) is 0 Å². The van der Waals surface area contributed by atoms with Gasteiger partial charge in [0.1, 0.15) is 5.60 Å². The molecule has 24 heavy (non-hydrogen) atoms. The van der Waals surface area contributed by atoms with Crippen LogP contribution in [0.2, 0.25) is 0 Å². The number of nitrogens with one attached hydrogen (secondary N) is 1. The molecule has 6 nitrogen and oxygen atoms in total. The topological polar surface area (TPSA) is 75.7 Å². The summed E-state index contributed by atoms with van der Waals surface area (Å²) < 4.78 is 31.4. The molecule has 0 bridgehead atoms. The molecular formula is C17H28N2O4S. The summed E-state index contributed by atoms with van der Waals surface area (Å²) in [5.41, 5.74) is -0.644. The number of sulfonamides is 1. The lowest BCUT2D eigenvalue weighted by molar-refractivity contribution is 0.0464. The molecule has 136 valence electrons. The third-order valence-electron chi connectivity index (χ3n) is 3.12. The monoisotopic (exact) mass is 356 g/mol. The fourth-order valence-corrected chi connectivity index (χ4v) is 3.52. The Balaban J connectivity index is 2.70. The summed E-state index contributed by atoms with van der Waals surface area (Å²) in [5, 5.41) is 2.71. The van der Waals surface area contributed by atoms with Gasteiger partial charge in [-0.25, -0.2) is 17.5 Å². The van der Waals surface area contributed by atoms with E-state index in [0.29, 0.717) is 0 Å². The zero-order valence-corrected chi connectivity index (χ0v) is 16.1. The number of carbonyl (C=O) groups is 1. The number of ether oxygens (including phenoxy) is 1. The highest BCUT2D eigenvalue weighted by molar-refractivity contribution is 7.88. The van der Waals surface area contributed by atoms with E-state index in [1.54, 1.807) is 58.9 Å². The first-order chi connectivity index (χ1) is 10.8. The number of benzene rings is 1. The first-order valence-electron chi connectivity index (χ1n) is 7.80. The first-order valence-corrected chi connectivity index (χ1v) is 9.41. The summed E-state index contributed by atoms with van der Waals surface area (Å²) in [5.74, 6) is -0.0765. The Morgan fingerprint density at radius 3 is 2.17 bits per heavy atom. The number of hydrogen-bond acceptors (Lipinski definition) is 4. The summed E-state index contributed by atoms with van der Waals surface area (Å²) in [6.45, 7) is 8.97. The molecule has 0 saturated carbocycles. The van der Waals surface area contributed by atoms with Crippen molar-refractivity contribution in [2.24, 2.45) is 0 Å². The number of carbonyl (C=O) groups excluding carboxylic acids is 1. The van der Waals surface area contributed by atoms with Gasteiger partial charge < -0.3 is 10.1 Å². The van der Waals surface area contributed by atoms with Gasteiger partial charge in [0.05, 0.1) is 11.3 Å². The molecule has 0 aromatic heterocycles. The van der Waals surface area contributed by atoms with E-state index in [9.17, 15) is 13.2 Å². The molecule has 0 radical (unpaired) electrons. The van der Waals surface area contributed by atoms with E-state index in [1.165, 1.54) is 11.4 Å². The summed E-state index contributed by atoms with van der Waals surface area (Å²) in [6, 6.07) is 9.00. The van der Waals surface area contributed by atoms with Gasteiger partial charge in [-0.1, -0.05) is 30.3 Å². The highest BCUT2D eigenvalue weighted by atomic mass is 32.2. The van der Waals surface area contributed by atoms with E-state index in [-0.39, 0.29) is 12.3 Å². The summed E-state index contributed by atoms with van der Waals surface area (Å²) in [4.78, 5) is 11.9. The quantitative estimate of drug-likeness (QED) is 0.850. The SMILES string of the molecule is CN(CC(C)(C)NC(=O)OC(C)(C)C)S(=O)(=O)Cc1ccccc1. The second kappa shape index (κ2) is 7.53. The van der Waals surface area contributed by atoms with Crippen LogP contribution in [0.5, 0.6) is 0 Å². The van der Waals surface area contributed by atoms with Gasteiger partial charge >= 0.3 is 6.09 Å². The average molecular weight is 356 g/mol. The van der Waals surface area contributed by atoms with Gasteiger partial charge in [0, 0.05) is 13.6 Å². The largest absolute Gasteiger partial charge is 0.444 e. The lowest BCUT2D eigenvalue weighted by atomic mass is 10.1. The minimum Gasteiger partial charge on any atom is -0.444 e. The molecule has 0 aliphatic rings. The Bertz CT molecular complexity index is 649. The molecule has 1 aromatic carbocycles. The molecule has 1 aromatic rings. The predicted molar refractivity (Wildman–Crippen MR) is 95.1 cm³/mol. The molecule has 0 aliphatic heterocycles. The van der Waals surface area contributed by atoms with Crippen LogP contribution in [-0.2, 0) is 20.5 Å². The van der Waals surface area contributed by atoms with Crippen molar-refractivity contribution >= 4 is 16.1 Å². The molecule has 0 aliphatic carbocycles. The van der Waals surface area contributed by atoms with Crippen molar-refractivity contribution in [3.05, 3.63) is 35.9 Å². The van der Waals surface area contributed by atoms with Crippen molar-refractivity contribution in [1.29, 1.82) is 0 Å².